The monoisotopic (exact) mass is 349 g/mol. The highest BCUT2D eigenvalue weighted by molar-refractivity contribution is 8.18. The molecule has 9 heteroatoms. The van der Waals surface area contributed by atoms with Crippen LogP contribution in [0.4, 0.5) is 0 Å². The number of rotatable bonds is 5. The van der Waals surface area contributed by atoms with Gasteiger partial charge in [0.1, 0.15) is 11.5 Å². The predicted octanol–water partition coefficient (Wildman–Crippen LogP) is 1.31. The Balaban J connectivity index is 2.11. The largest absolute Gasteiger partial charge is 0.497 e. The van der Waals surface area contributed by atoms with Crippen LogP contribution < -0.4 is 14.8 Å². The zero-order valence-electron chi connectivity index (χ0n) is 13.2. The molecular formula is C15H15N3O5S. The van der Waals surface area contributed by atoms with Crippen LogP contribution in [0.25, 0.3) is 0 Å². The van der Waals surface area contributed by atoms with E-state index in [1.165, 1.54) is 20.4 Å². The number of hydrogen-bond acceptors (Lipinski definition) is 8. The lowest BCUT2D eigenvalue weighted by atomic mass is 10.2. The van der Waals surface area contributed by atoms with Crippen molar-refractivity contribution >= 4 is 35.0 Å². The summed E-state index contributed by atoms with van der Waals surface area (Å²) in [4.78, 5) is 23.0. The van der Waals surface area contributed by atoms with Gasteiger partial charge >= 0.3 is 5.97 Å². The Labute approximate surface area is 142 Å². The smallest absolute Gasteiger partial charge is 0.331 e. The Morgan fingerprint density at radius 2 is 2.04 bits per heavy atom. The lowest BCUT2D eigenvalue weighted by molar-refractivity contribution is -0.135. The number of methoxy groups -OCH3 is 3. The van der Waals surface area contributed by atoms with E-state index in [0.29, 0.717) is 17.1 Å². The number of nitrogens with zero attached hydrogens (tertiary/aromatic N) is 2. The van der Waals surface area contributed by atoms with E-state index in [1.807, 2.05) is 0 Å². The second kappa shape index (κ2) is 8.16. The molecule has 0 unspecified atom stereocenters. The van der Waals surface area contributed by atoms with Gasteiger partial charge in [-0.25, -0.2) is 4.79 Å². The number of ether oxygens (including phenoxy) is 3. The van der Waals surface area contributed by atoms with E-state index in [4.69, 9.17) is 9.47 Å². The summed E-state index contributed by atoms with van der Waals surface area (Å²) in [5.74, 6) is 0.195. The summed E-state index contributed by atoms with van der Waals surface area (Å²) in [5.41, 5.74) is 0.697. The fourth-order valence-corrected chi connectivity index (χ4v) is 2.45. The van der Waals surface area contributed by atoms with E-state index in [2.05, 4.69) is 20.3 Å². The molecule has 0 atom stereocenters. The topological polar surface area (TPSA) is 98.6 Å². The van der Waals surface area contributed by atoms with Gasteiger partial charge in [0.2, 0.25) is 0 Å². The predicted molar refractivity (Wildman–Crippen MR) is 90.4 cm³/mol. The highest BCUT2D eigenvalue weighted by Gasteiger charge is 2.24. The first kappa shape index (κ1) is 17.5. The number of benzene rings is 1. The quantitative estimate of drug-likeness (QED) is 0.372. The molecule has 0 spiro atoms. The van der Waals surface area contributed by atoms with Gasteiger partial charge in [0.05, 0.1) is 32.4 Å². The standard InChI is InChI=1S/C15H15N3O5S/c1-21-10-5-4-9(11(6-10)22-2)8-16-18-15-17-14(20)12(24-15)7-13(19)23-3/h4-8H,1-3H3,(H,17,18,20)/b12-7+,16-8?. The van der Waals surface area contributed by atoms with Gasteiger partial charge in [0.25, 0.3) is 5.91 Å². The fraction of sp³-hybridized carbons (Fsp3) is 0.200. The minimum absolute atomic E-state index is 0.192. The molecule has 8 nitrogen and oxygen atoms in total. The molecule has 2 rings (SSSR count). The molecule has 0 aliphatic carbocycles. The number of hydrogen-bond donors (Lipinski definition) is 1. The third-order valence-corrected chi connectivity index (χ3v) is 3.79. The van der Waals surface area contributed by atoms with Gasteiger partial charge in [-0.3, -0.25) is 10.1 Å². The van der Waals surface area contributed by atoms with Crippen molar-refractivity contribution in [1.82, 2.24) is 5.32 Å². The average molecular weight is 349 g/mol. The van der Waals surface area contributed by atoms with Crippen LogP contribution in [-0.4, -0.2) is 44.6 Å². The molecule has 1 aromatic rings. The van der Waals surface area contributed by atoms with Crippen molar-refractivity contribution in [2.24, 2.45) is 10.2 Å². The highest BCUT2D eigenvalue weighted by Crippen LogP contribution is 2.24. The molecule has 0 saturated carbocycles. The molecule has 1 heterocycles. The molecule has 0 bridgehead atoms. The lowest BCUT2D eigenvalue weighted by Gasteiger charge is -2.06. The SMILES string of the molecule is COC(=O)/C=C1/S/C(=N\N=Cc2ccc(OC)cc2OC)NC1=O. The van der Waals surface area contributed by atoms with Crippen LogP contribution in [-0.2, 0) is 14.3 Å². The van der Waals surface area contributed by atoms with Crippen molar-refractivity contribution in [3.63, 3.8) is 0 Å². The molecule has 1 aromatic carbocycles. The number of carbonyl (C=O) groups is 2. The summed E-state index contributed by atoms with van der Waals surface area (Å²) in [6.45, 7) is 0. The Bertz CT molecular complexity index is 743. The maximum Gasteiger partial charge on any atom is 0.331 e. The van der Waals surface area contributed by atoms with Crippen molar-refractivity contribution in [3.8, 4) is 11.5 Å². The van der Waals surface area contributed by atoms with Crippen molar-refractivity contribution < 1.29 is 23.8 Å². The average Bonchev–Trinajstić information content (AvgIpc) is 2.94. The highest BCUT2D eigenvalue weighted by atomic mass is 32.2. The Morgan fingerprint density at radius 3 is 2.71 bits per heavy atom. The van der Waals surface area contributed by atoms with E-state index in [1.54, 1.807) is 25.3 Å². The molecule has 24 heavy (non-hydrogen) atoms. The summed E-state index contributed by atoms with van der Waals surface area (Å²) in [6, 6.07) is 5.25. The second-order valence-electron chi connectivity index (χ2n) is 4.35. The number of thioether (sulfide) groups is 1. The van der Waals surface area contributed by atoms with E-state index in [0.717, 1.165) is 17.8 Å². The maximum atomic E-state index is 11.7. The Morgan fingerprint density at radius 1 is 1.25 bits per heavy atom. The molecule has 1 aliphatic rings. The summed E-state index contributed by atoms with van der Waals surface area (Å²) >= 11 is 0.998. The number of esters is 1. The normalized spacial score (nSPS) is 17.4. The first-order chi connectivity index (χ1) is 11.6. The van der Waals surface area contributed by atoms with Gasteiger partial charge in [0, 0.05) is 17.7 Å². The second-order valence-corrected chi connectivity index (χ2v) is 5.38. The Kier molecular flexibility index (Phi) is 5.96. The van der Waals surface area contributed by atoms with Gasteiger partial charge in [0.15, 0.2) is 5.17 Å². The van der Waals surface area contributed by atoms with Crippen LogP contribution in [0.15, 0.2) is 39.4 Å². The number of amidine groups is 1. The van der Waals surface area contributed by atoms with E-state index < -0.39 is 11.9 Å². The molecule has 1 fully saturated rings. The minimum atomic E-state index is -0.611. The van der Waals surface area contributed by atoms with Gasteiger partial charge in [-0.15, -0.1) is 5.10 Å². The lowest BCUT2D eigenvalue weighted by Crippen LogP contribution is -2.19. The first-order valence-electron chi connectivity index (χ1n) is 6.69. The number of carbonyl (C=O) groups excluding carboxylic acids is 2. The first-order valence-corrected chi connectivity index (χ1v) is 7.51. The van der Waals surface area contributed by atoms with Crippen LogP contribution >= 0.6 is 11.8 Å². The van der Waals surface area contributed by atoms with Crippen molar-refractivity contribution in [2.75, 3.05) is 21.3 Å². The Hall–Kier alpha value is -2.81. The van der Waals surface area contributed by atoms with Crippen molar-refractivity contribution in [2.45, 2.75) is 0 Å². The molecule has 0 aromatic heterocycles. The van der Waals surface area contributed by atoms with E-state index >= 15 is 0 Å². The molecule has 126 valence electrons. The summed E-state index contributed by atoms with van der Waals surface area (Å²) in [5, 5.41) is 10.6. The van der Waals surface area contributed by atoms with Crippen LogP contribution in [0.2, 0.25) is 0 Å². The maximum absolute atomic E-state index is 11.7. The molecule has 0 radical (unpaired) electrons. The van der Waals surface area contributed by atoms with Crippen LogP contribution in [0.5, 0.6) is 11.5 Å². The third kappa shape index (κ3) is 4.35. The third-order valence-electron chi connectivity index (χ3n) is 2.89. The van der Waals surface area contributed by atoms with Crippen LogP contribution in [0.1, 0.15) is 5.56 Å². The molecular weight excluding hydrogens is 334 g/mol. The van der Waals surface area contributed by atoms with Gasteiger partial charge in [-0.1, -0.05) is 0 Å². The number of amides is 1. The molecule has 1 aliphatic heterocycles. The van der Waals surface area contributed by atoms with Gasteiger partial charge in [-0.05, 0) is 23.9 Å². The van der Waals surface area contributed by atoms with Crippen LogP contribution in [0.3, 0.4) is 0 Å². The van der Waals surface area contributed by atoms with Gasteiger partial charge in [-0.2, -0.15) is 5.10 Å². The molecule has 1 saturated heterocycles. The van der Waals surface area contributed by atoms with E-state index in [9.17, 15) is 9.59 Å². The summed E-state index contributed by atoms with van der Waals surface area (Å²) in [7, 11) is 4.33. The van der Waals surface area contributed by atoms with Crippen molar-refractivity contribution in [3.05, 3.63) is 34.7 Å². The van der Waals surface area contributed by atoms with Crippen molar-refractivity contribution in [1.29, 1.82) is 0 Å². The summed E-state index contributed by atoms with van der Waals surface area (Å²) in [6.07, 6.45) is 2.58. The number of nitrogens with one attached hydrogen (secondary N) is 1. The molecule has 1 N–H and O–H groups in total. The fourth-order valence-electron chi connectivity index (χ4n) is 1.71. The van der Waals surface area contributed by atoms with Crippen LogP contribution in [0, 0.1) is 0 Å². The zero-order valence-corrected chi connectivity index (χ0v) is 14.0. The molecule has 1 amide bonds. The van der Waals surface area contributed by atoms with E-state index in [-0.39, 0.29) is 10.1 Å². The minimum Gasteiger partial charge on any atom is -0.497 e. The summed E-state index contributed by atoms with van der Waals surface area (Å²) < 4.78 is 14.8. The van der Waals surface area contributed by atoms with Gasteiger partial charge < -0.3 is 14.2 Å². The zero-order chi connectivity index (χ0) is 17.5.